The van der Waals surface area contributed by atoms with Crippen LogP contribution >= 0.6 is 0 Å². The van der Waals surface area contributed by atoms with E-state index in [1.54, 1.807) is 11.8 Å². The van der Waals surface area contributed by atoms with Crippen LogP contribution in [0.2, 0.25) is 0 Å². The Morgan fingerprint density at radius 1 is 1.23 bits per heavy atom. The number of nitrogens with zero attached hydrogens (tertiary/aromatic N) is 3. The van der Waals surface area contributed by atoms with Gasteiger partial charge < -0.3 is 14.8 Å². The Labute approximate surface area is 169 Å². The minimum Gasteiger partial charge on any atom is -0.497 e. The normalized spacial score (nSPS) is 16.1. The topological polar surface area (TPSA) is 78.3 Å². The zero-order chi connectivity index (χ0) is 21.3. The van der Waals surface area contributed by atoms with Crippen molar-refractivity contribution < 1.29 is 27.4 Å². The summed E-state index contributed by atoms with van der Waals surface area (Å²) in [6, 6.07) is 11.8. The number of fused-ring (bicyclic) bond motifs is 1. The van der Waals surface area contributed by atoms with Crippen LogP contribution in [0.3, 0.4) is 0 Å². The predicted molar refractivity (Wildman–Crippen MR) is 99.9 cm³/mol. The number of rotatable bonds is 4. The van der Waals surface area contributed by atoms with Crippen molar-refractivity contribution >= 4 is 11.6 Å². The number of carbonyl (C=O) groups excluding carboxylic acids is 1. The molecule has 4 rings (SSSR count). The molecule has 2 aromatic carbocycles. The van der Waals surface area contributed by atoms with Crippen LogP contribution < -0.4 is 10.1 Å². The van der Waals surface area contributed by atoms with Crippen LogP contribution in [0.1, 0.15) is 33.4 Å². The molecule has 1 amide bonds. The van der Waals surface area contributed by atoms with E-state index in [1.807, 2.05) is 24.3 Å². The number of nitrogens with one attached hydrogen (secondary N) is 1. The number of methoxy groups -OCH3 is 1. The van der Waals surface area contributed by atoms with Crippen LogP contribution in [0.25, 0.3) is 0 Å². The van der Waals surface area contributed by atoms with E-state index in [2.05, 4.69) is 15.6 Å². The minimum atomic E-state index is -4.50. The molecule has 1 aromatic heterocycles. The Balaban J connectivity index is 1.49. The number of carbonyl (C=O) groups is 1. The lowest BCUT2D eigenvalue weighted by atomic mass is 10.1. The van der Waals surface area contributed by atoms with E-state index < -0.39 is 17.6 Å². The fourth-order valence-electron chi connectivity index (χ4n) is 3.17. The number of halogens is 3. The van der Waals surface area contributed by atoms with Gasteiger partial charge in [0.15, 0.2) is 5.69 Å². The van der Waals surface area contributed by atoms with Crippen molar-refractivity contribution in [2.24, 2.45) is 0 Å². The summed E-state index contributed by atoms with van der Waals surface area (Å²) in [4.78, 5) is 12.6. The van der Waals surface area contributed by atoms with Crippen LogP contribution in [0, 0.1) is 0 Å². The summed E-state index contributed by atoms with van der Waals surface area (Å²) >= 11 is 0. The first kappa shape index (κ1) is 19.9. The summed E-state index contributed by atoms with van der Waals surface area (Å²) in [5.41, 5.74) is 0.567. The molecule has 156 valence electrons. The van der Waals surface area contributed by atoms with E-state index in [1.165, 1.54) is 12.1 Å². The van der Waals surface area contributed by atoms with Gasteiger partial charge in [-0.15, -0.1) is 5.10 Å². The van der Waals surface area contributed by atoms with Crippen LogP contribution in [-0.2, 0) is 24.1 Å². The first-order valence-electron chi connectivity index (χ1n) is 9.01. The number of benzene rings is 2. The molecule has 30 heavy (non-hydrogen) atoms. The fraction of sp³-hybridized carbons (Fsp3) is 0.250. The molecule has 7 nitrogen and oxygen atoms in total. The van der Waals surface area contributed by atoms with Gasteiger partial charge in [-0.25, -0.2) is 4.68 Å². The molecule has 0 aliphatic carbocycles. The minimum absolute atomic E-state index is 0.0144. The summed E-state index contributed by atoms with van der Waals surface area (Å²) in [6.07, 6.45) is -4.77. The van der Waals surface area contributed by atoms with Gasteiger partial charge in [0.1, 0.15) is 11.9 Å². The lowest BCUT2D eigenvalue weighted by molar-refractivity contribution is -0.137. The molecule has 0 spiro atoms. The highest BCUT2D eigenvalue weighted by Gasteiger charge is 2.31. The second-order valence-corrected chi connectivity index (χ2v) is 6.67. The maximum Gasteiger partial charge on any atom is 0.416 e. The van der Waals surface area contributed by atoms with Gasteiger partial charge in [0.2, 0.25) is 0 Å². The number of aromatic nitrogens is 3. The summed E-state index contributed by atoms with van der Waals surface area (Å²) < 4.78 is 51.2. The van der Waals surface area contributed by atoms with Gasteiger partial charge in [0.05, 0.1) is 31.5 Å². The maximum absolute atomic E-state index is 12.9. The van der Waals surface area contributed by atoms with Gasteiger partial charge in [-0.2, -0.15) is 13.2 Å². The molecule has 1 aliphatic heterocycles. The van der Waals surface area contributed by atoms with Crippen LogP contribution in [-0.4, -0.2) is 28.0 Å². The van der Waals surface area contributed by atoms with Crippen molar-refractivity contribution in [3.05, 3.63) is 71.0 Å². The number of ether oxygens (including phenoxy) is 2. The van der Waals surface area contributed by atoms with Gasteiger partial charge in [-0.05, 0) is 35.9 Å². The first-order valence-corrected chi connectivity index (χ1v) is 9.01. The van der Waals surface area contributed by atoms with Crippen molar-refractivity contribution in [2.45, 2.75) is 25.4 Å². The van der Waals surface area contributed by atoms with Gasteiger partial charge >= 0.3 is 6.18 Å². The molecule has 0 bridgehead atoms. The highest BCUT2D eigenvalue weighted by atomic mass is 19.4. The van der Waals surface area contributed by atoms with Crippen molar-refractivity contribution in [3.63, 3.8) is 0 Å². The number of amides is 1. The average molecular weight is 418 g/mol. The zero-order valence-corrected chi connectivity index (χ0v) is 15.8. The summed E-state index contributed by atoms with van der Waals surface area (Å²) in [6.45, 7) is 0.445. The molecule has 0 unspecified atom stereocenters. The van der Waals surface area contributed by atoms with E-state index in [0.717, 1.165) is 23.4 Å². The molecule has 2 heterocycles. The Kier molecular flexibility index (Phi) is 5.17. The smallest absolute Gasteiger partial charge is 0.416 e. The molecule has 3 aromatic rings. The van der Waals surface area contributed by atoms with E-state index in [-0.39, 0.29) is 24.1 Å². The summed E-state index contributed by atoms with van der Waals surface area (Å²) in [7, 11) is 1.58. The molecule has 1 aliphatic rings. The largest absolute Gasteiger partial charge is 0.497 e. The van der Waals surface area contributed by atoms with Gasteiger partial charge in [-0.1, -0.05) is 23.4 Å². The molecule has 1 N–H and O–H groups in total. The van der Waals surface area contributed by atoms with Crippen molar-refractivity contribution in [3.8, 4) is 5.75 Å². The lowest BCUT2D eigenvalue weighted by Gasteiger charge is -2.24. The number of alkyl halides is 3. The first-order chi connectivity index (χ1) is 14.3. The SMILES string of the molecule is COc1ccc([C@H]2Cn3nnc(C(=O)Nc4cccc(C(F)(F)F)c4)c3CO2)cc1. The van der Waals surface area contributed by atoms with Crippen molar-refractivity contribution in [1.29, 1.82) is 0 Å². The quantitative estimate of drug-likeness (QED) is 0.697. The Morgan fingerprint density at radius 3 is 2.70 bits per heavy atom. The molecule has 1 atom stereocenters. The Bertz CT molecular complexity index is 1060. The third kappa shape index (κ3) is 3.99. The van der Waals surface area contributed by atoms with E-state index >= 15 is 0 Å². The second kappa shape index (κ2) is 7.79. The zero-order valence-electron chi connectivity index (χ0n) is 15.8. The monoisotopic (exact) mass is 418 g/mol. The molecule has 0 saturated heterocycles. The summed E-state index contributed by atoms with van der Waals surface area (Å²) in [5.74, 6) is 0.0756. The van der Waals surface area contributed by atoms with Crippen molar-refractivity contribution in [1.82, 2.24) is 15.0 Å². The standard InChI is InChI=1S/C20H17F3N4O3/c1-29-15-7-5-12(6-8-15)17-10-27-16(11-30-17)18(25-26-27)19(28)24-14-4-2-3-13(9-14)20(21,22)23/h2-9,17H,10-11H2,1H3,(H,24,28)/t17-/m1/s1. The Hall–Kier alpha value is -3.40. The predicted octanol–water partition coefficient (Wildman–Crippen LogP) is 3.83. The molecule has 0 fully saturated rings. The number of hydrogen-bond donors (Lipinski definition) is 1. The number of anilines is 1. The molecular weight excluding hydrogens is 401 g/mol. The fourth-order valence-corrected chi connectivity index (χ4v) is 3.17. The van der Waals surface area contributed by atoms with Gasteiger partial charge in [0.25, 0.3) is 5.91 Å². The van der Waals surface area contributed by atoms with Crippen LogP contribution in [0.4, 0.5) is 18.9 Å². The van der Waals surface area contributed by atoms with E-state index in [9.17, 15) is 18.0 Å². The van der Waals surface area contributed by atoms with Crippen molar-refractivity contribution in [2.75, 3.05) is 12.4 Å². The second-order valence-electron chi connectivity index (χ2n) is 6.67. The van der Waals surface area contributed by atoms with E-state index in [4.69, 9.17) is 9.47 Å². The van der Waals surface area contributed by atoms with Crippen LogP contribution in [0.15, 0.2) is 48.5 Å². The number of hydrogen-bond acceptors (Lipinski definition) is 5. The molecular formula is C20H17F3N4O3. The highest BCUT2D eigenvalue weighted by Crippen LogP contribution is 2.31. The molecule has 0 radical (unpaired) electrons. The maximum atomic E-state index is 12.9. The Morgan fingerprint density at radius 2 is 2.00 bits per heavy atom. The lowest BCUT2D eigenvalue weighted by Crippen LogP contribution is -2.24. The van der Waals surface area contributed by atoms with Crippen LogP contribution in [0.5, 0.6) is 5.75 Å². The summed E-state index contributed by atoms with van der Waals surface area (Å²) in [5, 5.41) is 10.3. The highest BCUT2D eigenvalue weighted by molar-refractivity contribution is 6.03. The third-order valence-corrected chi connectivity index (χ3v) is 4.75. The molecule has 0 saturated carbocycles. The molecule has 10 heteroatoms. The van der Waals surface area contributed by atoms with E-state index in [0.29, 0.717) is 12.2 Å². The van der Waals surface area contributed by atoms with Gasteiger partial charge in [0, 0.05) is 5.69 Å². The van der Waals surface area contributed by atoms with Gasteiger partial charge in [-0.3, -0.25) is 4.79 Å². The third-order valence-electron chi connectivity index (χ3n) is 4.75. The average Bonchev–Trinajstić information content (AvgIpc) is 3.17.